The minimum Gasteiger partial charge on any atom is -0.348 e. The molecular formula is C20H22FN5O. The van der Waals surface area contributed by atoms with Crippen LogP contribution in [0.2, 0.25) is 0 Å². The van der Waals surface area contributed by atoms with Crippen LogP contribution in [0.15, 0.2) is 42.7 Å². The summed E-state index contributed by atoms with van der Waals surface area (Å²) in [6.45, 7) is 4.03. The molecule has 3 aromatic rings. The number of nitrogens with zero attached hydrogens (tertiary/aromatic N) is 4. The Morgan fingerprint density at radius 1 is 1.33 bits per heavy atom. The second-order valence-corrected chi connectivity index (χ2v) is 7.00. The van der Waals surface area contributed by atoms with Crippen molar-refractivity contribution in [1.82, 2.24) is 24.8 Å². The number of hydrogen-bond acceptors (Lipinski definition) is 4. The van der Waals surface area contributed by atoms with Crippen molar-refractivity contribution in [3.05, 3.63) is 65.4 Å². The second-order valence-electron chi connectivity index (χ2n) is 7.00. The Hall–Kier alpha value is -2.80. The molecule has 0 spiro atoms. The first kappa shape index (κ1) is 17.6. The van der Waals surface area contributed by atoms with E-state index in [1.807, 2.05) is 19.1 Å². The van der Waals surface area contributed by atoms with Crippen molar-refractivity contribution in [2.75, 3.05) is 13.1 Å². The summed E-state index contributed by atoms with van der Waals surface area (Å²) in [7, 11) is 0. The highest BCUT2D eigenvalue weighted by Gasteiger charge is 2.23. The van der Waals surface area contributed by atoms with Crippen LogP contribution in [0.3, 0.4) is 0 Å². The van der Waals surface area contributed by atoms with Crippen LogP contribution in [-0.2, 0) is 6.54 Å². The summed E-state index contributed by atoms with van der Waals surface area (Å²) < 4.78 is 15.6. The summed E-state index contributed by atoms with van der Waals surface area (Å²) in [6, 6.07) is 8.68. The summed E-state index contributed by atoms with van der Waals surface area (Å²) in [6.07, 6.45) is 5.14. The quantitative estimate of drug-likeness (QED) is 0.770. The number of halogens is 1. The highest BCUT2D eigenvalue weighted by molar-refractivity contribution is 5.95. The molecule has 1 aliphatic rings. The number of aromatic nitrogens is 3. The number of rotatable bonds is 4. The average molecular weight is 367 g/mol. The van der Waals surface area contributed by atoms with E-state index in [0.717, 1.165) is 30.7 Å². The van der Waals surface area contributed by atoms with Crippen LogP contribution in [-0.4, -0.2) is 44.5 Å². The number of hydrogen-bond donors (Lipinski definition) is 1. The van der Waals surface area contributed by atoms with E-state index in [0.29, 0.717) is 24.2 Å². The van der Waals surface area contributed by atoms with Gasteiger partial charge in [-0.2, -0.15) is 5.10 Å². The number of benzene rings is 1. The van der Waals surface area contributed by atoms with Crippen LogP contribution >= 0.6 is 0 Å². The van der Waals surface area contributed by atoms with Gasteiger partial charge in [-0.3, -0.25) is 9.69 Å². The monoisotopic (exact) mass is 367 g/mol. The predicted molar refractivity (Wildman–Crippen MR) is 99.9 cm³/mol. The van der Waals surface area contributed by atoms with E-state index < -0.39 is 0 Å². The molecule has 1 amide bonds. The van der Waals surface area contributed by atoms with Gasteiger partial charge in [0.05, 0.1) is 17.5 Å². The van der Waals surface area contributed by atoms with E-state index >= 15 is 0 Å². The van der Waals surface area contributed by atoms with Crippen molar-refractivity contribution >= 4 is 11.6 Å². The largest absolute Gasteiger partial charge is 0.348 e. The molecule has 1 aliphatic heterocycles. The van der Waals surface area contributed by atoms with Crippen LogP contribution < -0.4 is 5.32 Å². The lowest BCUT2D eigenvalue weighted by molar-refractivity contribution is 0.0898. The minimum absolute atomic E-state index is 0.0331. The highest BCUT2D eigenvalue weighted by atomic mass is 19.1. The molecule has 0 unspecified atom stereocenters. The summed E-state index contributed by atoms with van der Waals surface area (Å²) in [4.78, 5) is 19.2. The van der Waals surface area contributed by atoms with Crippen molar-refractivity contribution in [3.8, 4) is 0 Å². The summed E-state index contributed by atoms with van der Waals surface area (Å²) in [5, 5.41) is 7.31. The Morgan fingerprint density at radius 2 is 2.19 bits per heavy atom. The number of fused-ring (bicyclic) bond motifs is 1. The molecule has 140 valence electrons. The van der Waals surface area contributed by atoms with Gasteiger partial charge in [-0.05, 0) is 32.4 Å². The SMILES string of the molecule is Cc1c(C(=O)N[C@@H]2CCCN(Cc3ccccc3F)C2)cnc2ccnn12. The first-order valence-corrected chi connectivity index (χ1v) is 9.18. The zero-order valence-corrected chi connectivity index (χ0v) is 15.2. The van der Waals surface area contributed by atoms with Crippen molar-refractivity contribution < 1.29 is 9.18 Å². The molecule has 1 atom stereocenters. The van der Waals surface area contributed by atoms with Gasteiger partial charge >= 0.3 is 0 Å². The van der Waals surface area contributed by atoms with Crippen molar-refractivity contribution in [1.29, 1.82) is 0 Å². The lowest BCUT2D eigenvalue weighted by atomic mass is 10.0. The lowest BCUT2D eigenvalue weighted by Crippen LogP contribution is -2.47. The molecule has 1 N–H and O–H groups in total. The number of carbonyl (C=O) groups is 1. The zero-order valence-electron chi connectivity index (χ0n) is 15.2. The number of nitrogens with one attached hydrogen (secondary N) is 1. The maximum absolute atomic E-state index is 13.9. The topological polar surface area (TPSA) is 62.5 Å². The molecule has 4 rings (SSSR count). The van der Waals surface area contributed by atoms with Crippen LogP contribution in [0.25, 0.3) is 5.65 Å². The van der Waals surface area contributed by atoms with E-state index in [1.165, 1.54) is 6.07 Å². The third-order valence-electron chi connectivity index (χ3n) is 5.09. The van der Waals surface area contributed by atoms with Crippen molar-refractivity contribution in [2.24, 2.45) is 0 Å². The van der Waals surface area contributed by atoms with E-state index in [1.54, 1.807) is 29.0 Å². The molecule has 0 bridgehead atoms. The molecular weight excluding hydrogens is 345 g/mol. The minimum atomic E-state index is -0.183. The van der Waals surface area contributed by atoms with Crippen molar-refractivity contribution in [3.63, 3.8) is 0 Å². The highest BCUT2D eigenvalue weighted by Crippen LogP contribution is 2.17. The molecule has 1 saturated heterocycles. The maximum Gasteiger partial charge on any atom is 0.254 e. The van der Waals surface area contributed by atoms with Crippen LogP contribution in [0.4, 0.5) is 4.39 Å². The standard InChI is InChI=1S/C20H22FN5O/c1-14-17(11-22-19-8-9-23-26(14)19)20(27)24-16-6-4-10-25(13-16)12-15-5-2-3-7-18(15)21/h2-3,5,7-9,11,16H,4,6,10,12-13H2,1H3,(H,24,27)/t16-/m1/s1. The van der Waals surface area contributed by atoms with Gasteiger partial charge in [0.2, 0.25) is 0 Å². The molecule has 1 fully saturated rings. The Labute approximate surface area is 157 Å². The van der Waals surface area contributed by atoms with Gasteiger partial charge in [0.15, 0.2) is 5.65 Å². The number of carbonyl (C=O) groups excluding carboxylic acids is 1. The van der Waals surface area contributed by atoms with Gasteiger partial charge in [-0.25, -0.2) is 13.9 Å². The number of likely N-dealkylation sites (tertiary alicyclic amines) is 1. The van der Waals surface area contributed by atoms with E-state index in [2.05, 4.69) is 20.3 Å². The average Bonchev–Trinajstić information content (AvgIpc) is 3.14. The van der Waals surface area contributed by atoms with Gasteiger partial charge < -0.3 is 5.32 Å². The fourth-order valence-corrected chi connectivity index (χ4v) is 3.66. The zero-order chi connectivity index (χ0) is 18.8. The Kier molecular flexibility index (Phi) is 4.85. The molecule has 0 saturated carbocycles. The van der Waals surface area contributed by atoms with Crippen LogP contribution in [0.5, 0.6) is 0 Å². The molecule has 2 aromatic heterocycles. The maximum atomic E-state index is 13.9. The molecule has 1 aromatic carbocycles. The lowest BCUT2D eigenvalue weighted by Gasteiger charge is -2.33. The fourth-order valence-electron chi connectivity index (χ4n) is 3.66. The summed E-state index contributed by atoms with van der Waals surface area (Å²) in [5.74, 6) is -0.326. The Morgan fingerprint density at radius 3 is 3.04 bits per heavy atom. The molecule has 3 heterocycles. The smallest absolute Gasteiger partial charge is 0.254 e. The number of piperidine rings is 1. The second kappa shape index (κ2) is 7.44. The van der Waals surface area contributed by atoms with E-state index in [4.69, 9.17) is 0 Å². The molecule has 6 nitrogen and oxygen atoms in total. The number of amides is 1. The first-order valence-electron chi connectivity index (χ1n) is 9.18. The van der Waals surface area contributed by atoms with Gasteiger partial charge in [0.1, 0.15) is 5.82 Å². The molecule has 0 radical (unpaired) electrons. The van der Waals surface area contributed by atoms with Crippen LogP contribution in [0, 0.1) is 12.7 Å². The van der Waals surface area contributed by atoms with Gasteiger partial charge in [0.25, 0.3) is 5.91 Å². The molecule has 0 aliphatic carbocycles. The normalized spacial score (nSPS) is 17.9. The summed E-state index contributed by atoms with van der Waals surface area (Å²) >= 11 is 0. The summed E-state index contributed by atoms with van der Waals surface area (Å²) in [5.41, 5.74) is 2.70. The van der Waals surface area contributed by atoms with Gasteiger partial charge in [0, 0.05) is 37.0 Å². The Balaban J connectivity index is 1.43. The fraction of sp³-hybridized carbons (Fsp3) is 0.350. The van der Waals surface area contributed by atoms with Crippen LogP contribution in [0.1, 0.15) is 34.5 Å². The molecule has 27 heavy (non-hydrogen) atoms. The van der Waals surface area contributed by atoms with E-state index in [-0.39, 0.29) is 17.8 Å². The van der Waals surface area contributed by atoms with Gasteiger partial charge in [-0.1, -0.05) is 18.2 Å². The predicted octanol–water partition coefficient (Wildman–Crippen LogP) is 2.57. The molecule has 7 heteroatoms. The number of aryl methyl sites for hydroxylation is 1. The van der Waals surface area contributed by atoms with E-state index in [9.17, 15) is 9.18 Å². The van der Waals surface area contributed by atoms with Gasteiger partial charge in [-0.15, -0.1) is 0 Å². The van der Waals surface area contributed by atoms with Crippen molar-refractivity contribution in [2.45, 2.75) is 32.4 Å². The third kappa shape index (κ3) is 3.68. The Bertz CT molecular complexity index is 970. The third-order valence-corrected chi connectivity index (χ3v) is 5.09. The first-order chi connectivity index (χ1) is 13.1.